The van der Waals surface area contributed by atoms with E-state index in [2.05, 4.69) is 5.10 Å². The number of halogens is 1. The van der Waals surface area contributed by atoms with Gasteiger partial charge >= 0.3 is 0 Å². The van der Waals surface area contributed by atoms with Gasteiger partial charge in [0.1, 0.15) is 4.90 Å². The minimum absolute atomic E-state index is 0.0260. The lowest BCUT2D eigenvalue weighted by Crippen LogP contribution is -2.17. The molecule has 0 aliphatic carbocycles. The molecule has 20 heavy (non-hydrogen) atoms. The quantitative estimate of drug-likeness (QED) is 0.698. The molecule has 0 aliphatic heterocycles. The second-order valence-electron chi connectivity index (χ2n) is 4.33. The number of hydrogen-bond acceptors (Lipinski definition) is 5. The minimum Gasteiger partial charge on any atom is -0.267 e. The molecular weight excluding hydrogens is 324 g/mol. The lowest BCUT2D eigenvalue weighted by atomic mass is 10.2. The number of hydrogen-bond donors (Lipinski definition) is 0. The molecule has 1 aromatic rings. The molecule has 0 atom stereocenters. The first-order chi connectivity index (χ1) is 9.16. The van der Waals surface area contributed by atoms with Crippen molar-refractivity contribution >= 4 is 29.6 Å². The second-order valence-corrected chi connectivity index (χ2v) is 9.30. The first kappa shape index (κ1) is 17.5. The van der Waals surface area contributed by atoms with Crippen molar-refractivity contribution in [3.8, 4) is 0 Å². The van der Waals surface area contributed by atoms with Gasteiger partial charge in [-0.2, -0.15) is 5.10 Å². The Morgan fingerprint density at radius 1 is 1.10 bits per heavy atom. The summed E-state index contributed by atoms with van der Waals surface area (Å²) >= 11 is 0. The van der Waals surface area contributed by atoms with Crippen LogP contribution in [0.2, 0.25) is 0 Å². The predicted molar refractivity (Wildman–Crippen MR) is 78.3 cm³/mol. The van der Waals surface area contributed by atoms with Crippen molar-refractivity contribution < 1.29 is 16.8 Å². The van der Waals surface area contributed by atoms with Crippen molar-refractivity contribution in [2.24, 2.45) is 0 Å². The molecule has 0 bridgehead atoms. The van der Waals surface area contributed by atoms with Gasteiger partial charge in [-0.25, -0.2) is 16.8 Å². The fourth-order valence-electron chi connectivity index (χ4n) is 1.95. The van der Waals surface area contributed by atoms with Crippen molar-refractivity contribution in [1.29, 1.82) is 0 Å². The summed E-state index contributed by atoms with van der Waals surface area (Å²) in [6.07, 6.45) is 0.836. The largest absolute Gasteiger partial charge is 0.267 e. The zero-order valence-electron chi connectivity index (χ0n) is 11.8. The van der Waals surface area contributed by atoms with Gasteiger partial charge in [-0.3, -0.25) is 4.68 Å². The van der Waals surface area contributed by atoms with Crippen LogP contribution in [0.5, 0.6) is 0 Å². The topological polar surface area (TPSA) is 86.1 Å². The first-order valence-corrected chi connectivity index (χ1v) is 10.5. The molecule has 0 saturated carbocycles. The van der Waals surface area contributed by atoms with E-state index in [9.17, 15) is 16.8 Å². The average molecular weight is 343 g/mol. The molecule has 1 heterocycles. The fourth-order valence-corrected chi connectivity index (χ4v) is 4.22. The molecule has 116 valence electrons. The SMILES string of the molecule is CCc1nn(CCS(=O)(=O)CC)c(CC)c1S(=O)(=O)Cl. The van der Waals surface area contributed by atoms with Crippen LogP contribution in [0, 0.1) is 0 Å². The van der Waals surface area contributed by atoms with Gasteiger partial charge in [-0.15, -0.1) is 0 Å². The summed E-state index contributed by atoms with van der Waals surface area (Å²) in [7, 11) is -1.56. The van der Waals surface area contributed by atoms with E-state index in [0.29, 0.717) is 24.2 Å². The highest BCUT2D eigenvalue weighted by molar-refractivity contribution is 8.13. The molecular formula is C11H19ClN2O4S2. The van der Waals surface area contributed by atoms with E-state index in [1.54, 1.807) is 20.8 Å². The normalized spacial score (nSPS) is 12.8. The number of rotatable bonds is 7. The molecule has 0 fully saturated rings. The maximum atomic E-state index is 11.7. The van der Waals surface area contributed by atoms with Crippen molar-refractivity contribution in [3.63, 3.8) is 0 Å². The summed E-state index contributed by atoms with van der Waals surface area (Å²) in [5, 5.41) is 4.19. The lowest BCUT2D eigenvalue weighted by Gasteiger charge is -2.06. The molecule has 0 amide bonds. The zero-order valence-corrected chi connectivity index (χ0v) is 14.1. The molecule has 1 aromatic heterocycles. The van der Waals surface area contributed by atoms with Crippen LogP contribution in [0.25, 0.3) is 0 Å². The zero-order chi connectivity index (χ0) is 15.6. The summed E-state index contributed by atoms with van der Waals surface area (Å²) in [5.74, 6) is -0.0138. The van der Waals surface area contributed by atoms with Gasteiger partial charge in [-0.05, 0) is 12.8 Å². The van der Waals surface area contributed by atoms with Crippen LogP contribution in [0.1, 0.15) is 32.2 Å². The van der Waals surface area contributed by atoms with E-state index in [1.807, 2.05) is 0 Å². The summed E-state index contributed by atoms with van der Waals surface area (Å²) in [6.45, 7) is 5.28. The smallest absolute Gasteiger partial charge is 0.264 e. The molecule has 0 aromatic carbocycles. The summed E-state index contributed by atoms with van der Waals surface area (Å²) in [5.41, 5.74) is 0.842. The maximum absolute atomic E-state index is 11.7. The molecule has 0 spiro atoms. The molecule has 6 nitrogen and oxygen atoms in total. The monoisotopic (exact) mass is 342 g/mol. The number of aryl methyl sites for hydroxylation is 2. The van der Waals surface area contributed by atoms with Gasteiger partial charge in [0.05, 0.1) is 23.7 Å². The number of nitrogens with zero attached hydrogens (tertiary/aromatic N) is 2. The first-order valence-electron chi connectivity index (χ1n) is 6.39. The van der Waals surface area contributed by atoms with Crippen LogP contribution in [0.3, 0.4) is 0 Å². The summed E-state index contributed by atoms with van der Waals surface area (Å²) in [6, 6.07) is 0. The predicted octanol–water partition coefficient (Wildman–Crippen LogP) is 1.37. The Morgan fingerprint density at radius 3 is 2.10 bits per heavy atom. The Morgan fingerprint density at radius 2 is 1.70 bits per heavy atom. The Hall–Kier alpha value is -0.600. The van der Waals surface area contributed by atoms with E-state index in [0.717, 1.165) is 0 Å². The molecule has 9 heteroatoms. The molecule has 0 aliphatic rings. The van der Waals surface area contributed by atoms with E-state index in [1.165, 1.54) is 4.68 Å². The molecule has 1 rings (SSSR count). The van der Waals surface area contributed by atoms with E-state index >= 15 is 0 Å². The Bertz CT molecular complexity index is 678. The molecule has 0 unspecified atom stereocenters. The maximum Gasteiger partial charge on any atom is 0.264 e. The minimum atomic E-state index is -3.89. The van der Waals surface area contributed by atoms with Crippen LogP contribution in [0.4, 0.5) is 0 Å². The van der Waals surface area contributed by atoms with E-state index < -0.39 is 18.9 Å². The van der Waals surface area contributed by atoms with Crippen LogP contribution < -0.4 is 0 Å². The third-order valence-electron chi connectivity index (χ3n) is 3.04. The van der Waals surface area contributed by atoms with Crippen molar-refractivity contribution in [1.82, 2.24) is 9.78 Å². The highest BCUT2D eigenvalue weighted by Gasteiger charge is 2.25. The van der Waals surface area contributed by atoms with Crippen LogP contribution in [-0.2, 0) is 38.3 Å². The van der Waals surface area contributed by atoms with Crippen LogP contribution in [0.15, 0.2) is 4.90 Å². The summed E-state index contributed by atoms with van der Waals surface area (Å²) in [4.78, 5) is 0.0260. The Kier molecular flexibility index (Phi) is 5.62. The molecule has 0 N–H and O–H groups in total. The highest BCUT2D eigenvalue weighted by atomic mass is 35.7. The average Bonchev–Trinajstić information content (AvgIpc) is 2.74. The Balaban J connectivity index is 3.26. The number of sulfone groups is 1. The second kappa shape index (κ2) is 6.44. The third-order valence-corrected chi connectivity index (χ3v) is 6.15. The number of aromatic nitrogens is 2. The van der Waals surface area contributed by atoms with Gasteiger partial charge in [0.25, 0.3) is 9.05 Å². The highest BCUT2D eigenvalue weighted by Crippen LogP contribution is 2.25. The Labute approximate surface area is 124 Å². The lowest BCUT2D eigenvalue weighted by molar-refractivity contribution is 0.572. The van der Waals surface area contributed by atoms with Crippen molar-refractivity contribution in [3.05, 3.63) is 11.4 Å². The summed E-state index contributed by atoms with van der Waals surface area (Å²) < 4.78 is 47.8. The van der Waals surface area contributed by atoms with E-state index in [4.69, 9.17) is 10.7 Å². The standard InChI is InChI=1S/C11H19ClN2O4S2/c1-4-9-11(20(12,17)18)10(5-2)14(13-9)7-8-19(15,16)6-3/h4-8H2,1-3H3. The molecule has 0 saturated heterocycles. The van der Waals surface area contributed by atoms with Crippen molar-refractivity contribution in [2.75, 3.05) is 11.5 Å². The molecule has 0 radical (unpaired) electrons. The van der Waals surface area contributed by atoms with E-state index in [-0.39, 0.29) is 22.9 Å². The van der Waals surface area contributed by atoms with Gasteiger partial charge in [0, 0.05) is 16.4 Å². The van der Waals surface area contributed by atoms with Crippen LogP contribution in [-0.4, -0.2) is 38.1 Å². The van der Waals surface area contributed by atoms with Gasteiger partial charge in [0.15, 0.2) is 9.84 Å². The van der Waals surface area contributed by atoms with Crippen LogP contribution >= 0.6 is 10.7 Å². The van der Waals surface area contributed by atoms with Gasteiger partial charge in [-0.1, -0.05) is 20.8 Å². The van der Waals surface area contributed by atoms with Crippen molar-refractivity contribution in [2.45, 2.75) is 45.1 Å². The third kappa shape index (κ3) is 3.95. The van der Waals surface area contributed by atoms with Gasteiger partial charge in [0.2, 0.25) is 0 Å². The van der Waals surface area contributed by atoms with Gasteiger partial charge < -0.3 is 0 Å². The fraction of sp³-hybridized carbons (Fsp3) is 0.727.